The third-order valence-corrected chi connectivity index (χ3v) is 6.52. The Labute approximate surface area is 211 Å². The summed E-state index contributed by atoms with van der Waals surface area (Å²) in [5.74, 6) is 0.380. The van der Waals surface area contributed by atoms with Crippen molar-refractivity contribution in [1.82, 2.24) is 24.7 Å². The molecule has 3 aromatic heterocycles. The molecule has 0 spiro atoms. The molecule has 2 atom stereocenters. The van der Waals surface area contributed by atoms with Crippen LogP contribution < -0.4 is 10.1 Å². The van der Waals surface area contributed by atoms with Gasteiger partial charge in [-0.1, -0.05) is 0 Å². The topological polar surface area (TPSA) is 98.0 Å². The second-order valence-corrected chi connectivity index (χ2v) is 8.84. The number of halogens is 2. The lowest BCUT2D eigenvalue weighted by Gasteiger charge is -2.23. The minimum Gasteiger partial charge on any atom is -0.489 e. The van der Waals surface area contributed by atoms with Gasteiger partial charge >= 0.3 is 0 Å². The van der Waals surface area contributed by atoms with E-state index in [4.69, 9.17) is 16.3 Å². The van der Waals surface area contributed by atoms with E-state index >= 15 is 4.39 Å². The van der Waals surface area contributed by atoms with Crippen LogP contribution in [0.25, 0.3) is 32.9 Å². The highest BCUT2D eigenvalue weighted by molar-refractivity contribution is 6.18. The first-order chi connectivity index (χ1) is 17.5. The number of hydrogen-bond acceptors (Lipinski definition) is 7. The summed E-state index contributed by atoms with van der Waals surface area (Å²) in [6.45, 7) is 1.72. The predicted molar refractivity (Wildman–Crippen MR) is 138 cm³/mol. The van der Waals surface area contributed by atoms with Crippen molar-refractivity contribution in [2.75, 3.05) is 17.8 Å². The van der Waals surface area contributed by atoms with Crippen molar-refractivity contribution in [3.05, 3.63) is 67.1 Å². The Kier molecular flexibility index (Phi) is 6.67. The maximum Gasteiger partial charge on any atom is 0.156 e. The second-order valence-electron chi connectivity index (χ2n) is 8.54. The summed E-state index contributed by atoms with van der Waals surface area (Å²) in [6.07, 6.45) is 6.28. The highest BCUT2D eigenvalue weighted by Gasteiger charge is 2.21. The van der Waals surface area contributed by atoms with Crippen LogP contribution >= 0.6 is 11.6 Å². The number of aliphatic hydroxyl groups excluding tert-OH is 1. The van der Waals surface area contributed by atoms with E-state index < -0.39 is 11.9 Å². The maximum atomic E-state index is 15.3. The molecule has 184 valence electrons. The summed E-state index contributed by atoms with van der Waals surface area (Å²) in [5, 5.41) is 18.1. The van der Waals surface area contributed by atoms with Gasteiger partial charge in [0.2, 0.25) is 0 Å². The van der Waals surface area contributed by atoms with Crippen molar-refractivity contribution in [3.8, 4) is 16.9 Å². The largest absolute Gasteiger partial charge is 0.489 e. The lowest BCUT2D eigenvalue weighted by molar-refractivity contribution is 0.113. The fraction of sp³-hybridized carbons (Fsp3) is 0.231. The van der Waals surface area contributed by atoms with Gasteiger partial charge in [-0.05, 0) is 48.9 Å². The van der Waals surface area contributed by atoms with Crippen molar-refractivity contribution in [2.24, 2.45) is 13.0 Å². The number of fused-ring (bicyclic) bond motifs is 2. The Balaban J connectivity index is 1.64. The summed E-state index contributed by atoms with van der Waals surface area (Å²) in [5.41, 5.74) is 3.14. The van der Waals surface area contributed by atoms with Gasteiger partial charge < -0.3 is 15.2 Å². The molecule has 10 heteroatoms. The van der Waals surface area contributed by atoms with Crippen LogP contribution in [0.2, 0.25) is 0 Å². The van der Waals surface area contributed by atoms with Gasteiger partial charge in [0.25, 0.3) is 0 Å². The number of nitrogens with one attached hydrogen (secondary N) is 1. The Morgan fingerprint density at radius 1 is 1.14 bits per heavy atom. The minimum absolute atomic E-state index is 0.122. The van der Waals surface area contributed by atoms with Crippen LogP contribution in [0.4, 0.5) is 15.9 Å². The van der Waals surface area contributed by atoms with Crippen LogP contribution in [-0.2, 0) is 7.05 Å². The van der Waals surface area contributed by atoms with Gasteiger partial charge in [-0.15, -0.1) is 11.6 Å². The zero-order chi connectivity index (χ0) is 25.2. The summed E-state index contributed by atoms with van der Waals surface area (Å²) in [4.78, 5) is 13.1. The number of anilines is 2. The zero-order valence-electron chi connectivity index (χ0n) is 19.7. The molecule has 0 aliphatic rings. The number of aryl methyl sites for hydroxylation is 1. The molecule has 2 N–H and O–H groups in total. The molecular weight excluding hydrogens is 483 g/mol. The summed E-state index contributed by atoms with van der Waals surface area (Å²) < 4.78 is 23.4. The van der Waals surface area contributed by atoms with Crippen LogP contribution in [0.3, 0.4) is 0 Å². The fourth-order valence-electron chi connectivity index (χ4n) is 4.04. The summed E-state index contributed by atoms with van der Waals surface area (Å²) in [6, 6.07) is 10.5. The Bertz CT molecular complexity index is 1540. The standard InChI is InChI=1S/C26H24ClFN6O2/c1-15(17(10-27)13-35)36-23-9-16(18-11-32-34(2)12-18)8-22-24(23)26(31-14-30-22)33-21-6-5-20-19(25(21)28)4-3-7-29-20/h3-9,11-12,14-15,17,35H,10,13H2,1-2H3,(H,30,31,33)/t15-,17?/m1/s1. The lowest BCUT2D eigenvalue weighted by Crippen LogP contribution is -2.28. The first-order valence-electron chi connectivity index (χ1n) is 11.4. The smallest absolute Gasteiger partial charge is 0.156 e. The molecule has 0 amide bonds. The van der Waals surface area contributed by atoms with Gasteiger partial charge in [-0.2, -0.15) is 5.10 Å². The van der Waals surface area contributed by atoms with E-state index in [-0.39, 0.29) is 24.1 Å². The van der Waals surface area contributed by atoms with Gasteiger partial charge in [0, 0.05) is 42.2 Å². The molecule has 1 unspecified atom stereocenters. The molecule has 36 heavy (non-hydrogen) atoms. The van der Waals surface area contributed by atoms with Crippen molar-refractivity contribution >= 4 is 44.9 Å². The van der Waals surface area contributed by atoms with E-state index in [0.29, 0.717) is 33.4 Å². The zero-order valence-corrected chi connectivity index (χ0v) is 20.4. The second kappa shape index (κ2) is 10.0. The third-order valence-electron chi connectivity index (χ3n) is 6.12. The van der Waals surface area contributed by atoms with E-state index in [0.717, 1.165) is 11.1 Å². The molecule has 0 bridgehead atoms. The molecular formula is C26H24ClFN6O2. The molecule has 8 nitrogen and oxygen atoms in total. The van der Waals surface area contributed by atoms with Crippen LogP contribution in [0.15, 0.2) is 61.3 Å². The van der Waals surface area contributed by atoms with E-state index in [1.165, 1.54) is 6.33 Å². The van der Waals surface area contributed by atoms with Gasteiger partial charge in [0.1, 0.15) is 24.0 Å². The normalized spacial score (nSPS) is 13.1. The first kappa shape index (κ1) is 23.9. The molecule has 5 aromatic rings. The van der Waals surface area contributed by atoms with Gasteiger partial charge in [-0.3, -0.25) is 9.67 Å². The van der Waals surface area contributed by atoms with Crippen molar-refractivity contribution in [2.45, 2.75) is 13.0 Å². The van der Waals surface area contributed by atoms with Crippen molar-refractivity contribution in [1.29, 1.82) is 0 Å². The number of aliphatic hydroxyl groups is 1. The predicted octanol–water partition coefficient (Wildman–Crippen LogP) is 5.08. The van der Waals surface area contributed by atoms with E-state index in [2.05, 4.69) is 25.4 Å². The third kappa shape index (κ3) is 4.55. The minimum atomic E-state index is -0.433. The molecule has 0 aliphatic carbocycles. The number of rotatable bonds is 8. The van der Waals surface area contributed by atoms with Gasteiger partial charge in [0.05, 0.1) is 34.9 Å². The molecule has 5 rings (SSSR count). The monoisotopic (exact) mass is 506 g/mol. The van der Waals surface area contributed by atoms with Crippen LogP contribution in [0.5, 0.6) is 5.75 Å². The maximum absolute atomic E-state index is 15.3. The summed E-state index contributed by atoms with van der Waals surface area (Å²) >= 11 is 6.05. The molecule has 0 aliphatic heterocycles. The number of benzene rings is 2. The van der Waals surface area contributed by atoms with Crippen LogP contribution in [-0.4, -0.2) is 48.4 Å². The number of aromatic nitrogens is 5. The average Bonchev–Trinajstić information content (AvgIpc) is 3.33. The lowest BCUT2D eigenvalue weighted by atomic mass is 10.0. The number of hydrogen-bond donors (Lipinski definition) is 2. The highest BCUT2D eigenvalue weighted by atomic mass is 35.5. The van der Waals surface area contributed by atoms with E-state index in [9.17, 15) is 5.11 Å². The SMILES string of the molecule is C[C@@H](Oc1cc(-c2cnn(C)c2)cc2ncnc(Nc3ccc4ncccc4c3F)c12)C(CO)CCl. The van der Waals surface area contributed by atoms with Crippen molar-refractivity contribution < 1.29 is 14.2 Å². The number of alkyl halides is 1. The number of pyridine rings is 1. The Morgan fingerprint density at radius 2 is 2.00 bits per heavy atom. The molecule has 0 radical (unpaired) electrons. The van der Waals surface area contributed by atoms with Crippen LogP contribution in [0.1, 0.15) is 6.92 Å². The van der Waals surface area contributed by atoms with Gasteiger partial charge in [-0.25, -0.2) is 14.4 Å². The quantitative estimate of drug-likeness (QED) is 0.283. The Hall–Kier alpha value is -3.82. The molecule has 0 fully saturated rings. The average molecular weight is 507 g/mol. The number of nitrogens with zero attached hydrogens (tertiary/aromatic N) is 5. The van der Waals surface area contributed by atoms with Gasteiger partial charge in [0.15, 0.2) is 5.82 Å². The highest BCUT2D eigenvalue weighted by Crippen LogP contribution is 2.38. The molecule has 3 heterocycles. The first-order valence-corrected chi connectivity index (χ1v) is 11.9. The molecule has 0 saturated heterocycles. The molecule has 2 aromatic carbocycles. The number of ether oxygens (including phenoxy) is 1. The van der Waals surface area contributed by atoms with Crippen molar-refractivity contribution in [3.63, 3.8) is 0 Å². The molecule has 0 saturated carbocycles. The van der Waals surface area contributed by atoms with Crippen LogP contribution in [0, 0.1) is 11.7 Å². The van der Waals surface area contributed by atoms with E-state index in [1.54, 1.807) is 41.3 Å². The van der Waals surface area contributed by atoms with E-state index in [1.807, 2.05) is 32.3 Å². The summed E-state index contributed by atoms with van der Waals surface area (Å²) in [7, 11) is 1.84. The Morgan fingerprint density at radius 3 is 2.75 bits per heavy atom. The fourth-order valence-corrected chi connectivity index (χ4v) is 4.39.